The monoisotopic (exact) mass is 370 g/mol. The molecule has 0 aliphatic carbocycles. The molecule has 0 saturated carbocycles. The summed E-state index contributed by atoms with van der Waals surface area (Å²) in [5.74, 6) is 0.132. The van der Waals surface area contributed by atoms with Crippen LogP contribution in [-0.4, -0.2) is 61.2 Å². The lowest BCUT2D eigenvalue weighted by molar-refractivity contribution is 0.0478. The van der Waals surface area contributed by atoms with Gasteiger partial charge in [-0.3, -0.25) is 4.79 Å². The minimum atomic E-state index is -0.294. The summed E-state index contributed by atoms with van der Waals surface area (Å²) < 4.78 is 13.5. The maximum Gasteiger partial charge on any atom is 0.253 e. The number of aliphatic hydroxyl groups is 1. The first-order valence-electron chi connectivity index (χ1n) is 9.37. The number of nitrogens with zero attached hydrogens (tertiary/aromatic N) is 2. The molecule has 1 saturated heterocycles. The van der Waals surface area contributed by atoms with Gasteiger partial charge in [0.1, 0.15) is 5.82 Å². The van der Waals surface area contributed by atoms with Crippen LogP contribution in [0.15, 0.2) is 48.5 Å². The molecule has 1 fully saturated rings. The molecule has 2 aromatic carbocycles. The number of hydrogen-bond donors (Lipinski definition) is 1. The fourth-order valence-corrected chi connectivity index (χ4v) is 3.95. The quantitative estimate of drug-likeness (QED) is 0.879. The standard InChI is InChI=1S/C22H27FN2O2/c1-24(2)12-16-9-17(15-26)14-25(13-16)22(27)20-7-3-5-18(10-20)19-6-4-8-21(23)11-19/h3-8,10-11,16-17,26H,9,12-15H2,1-2H3/t16-,17+/m0/s1. The second kappa shape index (κ2) is 8.63. The number of carbonyl (C=O) groups excluding carboxylic acids is 1. The molecule has 0 unspecified atom stereocenters. The lowest BCUT2D eigenvalue weighted by atomic mass is 9.89. The molecule has 144 valence electrons. The summed E-state index contributed by atoms with van der Waals surface area (Å²) in [5, 5.41) is 9.64. The summed E-state index contributed by atoms with van der Waals surface area (Å²) in [6.07, 6.45) is 0.932. The van der Waals surface area contributed by atoms with E-state index in [9.17, 15) is 14.3 Å². The third kappa shape index (κ3) is 4.93. The van der Waals surface area contributed by atoms with E-state index in [1.807, 2.05) is 43.3 Å². The van der Waals surface area contributed by atoms with Crippen molar-refractivity contribution in [1.29, 1.82) is 0 Å². The molecule has 0 radical (unpaired) electrons. The van der Waals surface area contributed by atoms with Crippen molar-refractivity contribution in [2.75, 3.05) is 40.3 Å². The van der Waals surface area contributed by atoms with Gasteiger partial charge >= 0.3 is 0 Å². The summed E-state index contributed by atoms with van der Waals surface area (Å²) in [6, 6.07) is 13.7. The van der Waals surface area contributed by atoms with Crippen LogP contribution in [0.5, 0.6) is 0 Å². The molecule has 3 rings (SSSR count). The van der Waals surface area contributed by atoms with Gasteiger partial charge in [-0.05, 0) is 67.7 Å². The van der Waals surface area contributed by atoms with Crippen LogP contribution in [0.4, 0.5) is 4.39 Å². The first kappa shape index (κ1) is 19.5. The molecular formula is C22H27FN2O2. The number of hydrogen-bond acceptors (Lipinski definition) is 3. The fourth-order valence-electron chi connectivity index (χ4n) is 3.95. The molecule has 27 heavy (non-hydrogen) atoms. The van der Waals surface area contributed by atoms with E-state index in [4.69, 9.17) is 0 Å². The number of aliphatic hydroxyl groups excluding tert-OH is 1. The normalized spacial score (nSPS) is 20.1. The van der Waals surface area contributed by atoms with E-state index in [1.165, 1.54) is 12.1 Å². The Morgan fingerprint density at radius 3 is 2.44 bits per heavy atom. The van der Waals surface area contributed by atoms with Gasteiger partial charge in [-0.2, -0.15) is 0 Å². The Morgan fingerprint density at radius 2 is 1.78 bits per heavy atom. The van der Waals surface area contributed by atoms with Gasteiger partial charge in [0.15, 0.2) is 0 Å². The average molecular weight is 370 g/mol. The van der Waals surface area contributed by atoms with Crippen molar-refractivity contribution in [3.8, 4) is 11.1 Å². The molecule has 1 N–H and O–H groups in total. The third-order valence-electron chi connectivity index (χ3n) is 5.06. The Kier molecular flexibility index (Phi) is 6.24. The van der Waals surface area contributed by atoms with Crippen molar-refractivity contribution in [3.63, 3.8) is 0 Å². The van der Waals surface area contributed by atoms with E-state index in [1.54, 1.807) is 12.1 Å². The van der Waals surface area contributed by atoms with Crippen LogP contribution in [0.25, 0.3) is 11.1 Å². The highest BCUT2D eigenvalue weighted by molar-refractivity contribution is 5.95. The molecule has 0 bridgehead atoms. The molecule has 5 heteroatoms. The number of piperidine rings is 1. The van der Waals surface area contributed by atoms with Crippen LogP contribution in [-0.2, 0) is 0 Å². The smallest absolute Gasteiger partial charge is 0.253 e. The van der Waals surface area contributed by atoms with Crippen molar-refractivity contribution >= 4 is 5.91 Å². The summed E-state index contributed by atoms with van der Waals surface area (Å²) >= 11 is 0. The van der Waals surface area contributed by atoms with E-state index in [0.29, 0.717) is 24.6 Å². The highest BCUT2D eigenvalue weighted by Gasteiger charge is 2.30. The van der Waals surface area contributed by atoms with Crippen LogP contribution in [0.1, 0.15) is 16.8 Å². The third-order valence-corrected chi connectivity index (χ3v) is 5.06. The highest BCUT2D eigenvalue weighted by atomic mass is 19.1. The van der Waals surface area contributed by atoms with Gasteiger partial charge in [0.25, 0.3) is 5.91 Å². The Morgan fingerprint density at radius 1 is 1.11 bits per heavy atom. The molecule has 1 heterocycles. The van der Waals surface area contributed by atoms with Gasteiger partial charge in [-0.25, -0.2) is 4.39 Å². The lowest BCUT2D eigenvalue weighted by Crippen LogP contribution is -2.47. The van der Waals surface area contributed by atoms with Crippen LogP contribution in [0, 0.1) is 17.7 Å². The summed E-state index contributed by atoms with van der Waals surface area (Å²) in [4.78, 5) is 17.1. The summed E-state index contributed by atoms with van der Waals surface area (Å²) in [5.41, 5.74) is 2.17. The molecule has 1 aliphatic heterocycles. The fraction of sp³-hybridized carbons (Fsp3) is 0.409. The van der Waals surface area contributed by atoms with E-state index >= 15 is 0 Å². The van der Waals surface area contributed by atoms with Crippen molar-refractivity contribution in [1.82, 2.24) is 9.80 Å². The van der Waals surface area contributed by atoms with E-state index in [2.05, 4.69) is 4.90 Å². The predicted octanol–water partition coefficient (Wildman–Crippen LogP) is 3.12. The van der Waals surface area contributed by atoms with Gasteiger partial charge in [0.2, 0.25) is 0 Å². The first-order chi connectivity index (χ1) is 13.0. The van der Waals surface area contributed by atoms with E-state index in [-0.39, 0.29) is 24.2 Å². The minimum Gasteiger partial charge on any atom is -0.396 e. The van der Waals surface area contributed by atoms with E-state index < -0.39 is 0 Å². The number of benzene rings is 2. The van der Waals surface area contributed by atoms with Gasteiger partial charge in [0.05, 0.1) is 0 Å². The van der Waals surface area contributed by atoms with Crippen molar-refractivity contribution in [2.45, 2.75) is 6.42 Å². The van der Waals surface area contributed by atoms with Gasteiger partial charge in [0, 0.05) is 31.8 Å². The van der Waals surface area contributed by atoms with Crippen LogP contribution in [0.2, 0.25) is 0 Å². The van der Waals surface area contributed by atoms with Gasteiger partial charge < -0.3 is 14.9 Å². The zero-order chi connectivity index (χ0) is 19.4. The molecule has 1 amide bonds. The number of carbonyl (C=O) groups is 1. The largest absolute Gasteiger partial charge is 0.396 e. The number of amides is 1. The topological polar surface area (TPSA) is 43.8 Å². The Hall–Kier alpha value is -2.24. The zero-order valence-electron chi connectivity index (χ0n) is 15.9. The van der Waals surface area contributed by atoms with Crippen LogP contribution in [0.3, 0.4) is 0 Å². The molecular weight excluding hydrogens is 343 g/mol. The number of rotatable bonds is 5. The second-order valence-corrected chi connectivity index (χ2v) is 7.71. The van der Waals surface area contributed by atoms with Crippen molar-refractivity contribution < 1.29 is 14.3 Å². The Bertz CT molecular complexity index is 793. The minimum absolute atomic E-state index is 0.0323. The van der Waals surface area contributed by atoms with E-state index in [0.717, 1.165) is 24.1 Å². The lowest BCUT2D eigenvalue weighted by Gasteiger charge is -2.38. The molecule has 2 atom stereocenters. The van der Waals surface area contributed by atoms with Gasteiger partial charge in [-0.1, -0.05) is 24.3 Å². The molecule has 4 nitrogen and oxygen atoms in total. The molecule has 1 aliphatic rings. The van der Waals surface area contributed by atoms with Crippen molar-refractivity contribution in [3.05, 3.63) is 59.9 Å². The second-order valence-electron chi connectivity index (χ2n) is 7.71. The predicted molar refractivity (Wildman–Crippen MR) is 105 cm³/mol. The highest BCUT2D eigenvalue weighted by Crippen LogP contribution is 2.26. The first-order valence-corrected chi connectivity index (χ1v) is 9.37. The Balaban J connectivity index is 1.81. The molecule has 0 spiro atoms. The molecule has 2 aromatic rings. The molecule has 0 aromatic heterocycles. The maximum atomic E-state index is 13.5. The van der Waals surface area contributed by atoms with Gasteiger partial charge in [-0.15, -0.1) is 0 Å². The number of halogens is 1. The Labute approximate surface area is 160 Å². The summed E-state index contributed by atoms with van der Waals surface area (Å²) in [6.45, 7) is 2.25. The SMILES string of the molecule is CN(C)C[C@@H]1C[C@@H](CO)CN(C(=O)c2cccc(-c3cccc(F)c3)c2)C1. The van der Waals surface area contributed by atoms with Crippen LogP contribution >= 0.6 is 0 Å². The van der Waals surface area contributed by atoms with Crippen LogP contribution < -0.4 is 0 Å². The maximum absolute atomic E-state index is 13.5. The number of likely N-dealkylation sites (tertiary alicyclic amines) is 1. The zero-order valence-corrected chi connectivity index (χ0v) is 15.9. The average Bonchev–Trinajstić information content (AvgIpc) is 2.66. The summed E-state index contributed by atoms with van der Waals surface area (Å²) in [7, 11) is 4.05. The van der Waals surface area contributed by atoms with Crippen molar-refractivity contribution in [2.24, 2.45) is 11.8 Å².